The Bertz CT molecular complexity index is 5410. The standard InChI is InChI=1S/C85H111N14O29P3S2/c1-6-17-51-40-55-42-56-43-62(87-7-2)50(4)39-60(56)75(59(55)38-49(51)3)57-21-8-9-22-58(57)82(113)96(5)33-16-26-69(101)89-31-32-91-78(109)53-19-12-18-52(41-53)77(108)90-29-11-10-23-61(83(114)98-35-15-25-66(98)81(112)93-63(44-73(104)105)79(110)94-64(84(115)116)45-74(106)107)92-80(111)65-24-14-34-97(65)71(103)28-37-133-132-36-27-70(102)88-30-13-20-54-47-99(85(117)95-76(54)86)72-46-67(100)68(126-72)48-125-130(121,122)128-131(123,124)127-129(118,119)120/h8-9,12,18-19,21-22,38-41,43,47,60-61,63-68,72,75,100H,6-7,10-11,14-17,23-37,42,44-46,48H2,1-5H3,(H,88,102)(H,89,101)(H,90,108)(H,91,109)(H,92,111)(H,93,112)(H,94,110)(H,104,105)(H,106,107)(H,115,116)(H,121,122)(H,123,124)(H2,86,95,117)(H2,118,119,120)/t60?,61?,63?,64?,65?,66?,67?,68-,72-,75?/m1/s1. The number of nitrogens with two attached hydrogens (primary N) is 1. The van der Waals surface area contributed by atoms with E-state index in [0.717, 1.165) is 51.8 Å². The maximum absolute atomic E-state index is 14.8. The number of aliphatic carboxylic acids is 3. The second-order valence-electron chi connectivity index (χ2n) is 32.1. The Morgan fingerprint density at radius 2 is 1.37 bits per heavy atom. The number of nitrogens with zero attached hydrogens (tertiary/aromatic N) is 6. The van der Waals surface area contributed by atoms with Gasteiger partial charge >= 0.3 is 47.1 Å². The number of hydrogen-bond donors (Lipinski definition) is 16. The Hall–Kier alpha value is -10.8. The van der Waals surface area contributed by atoms with Crippen molar-refractivity contribution >= 4 is 134 Å². The molecule has 3 fully saturated rings. The number of anilines is 1. The highest BCUT2D eigenvalue weighted by molar-refractivity contribution is 8.76. The summed E-state index contributed by atoms with van der Waals surface area (Å²) in [6.07, 6.45) is 3.07. The third kappa shape index (κ3) is 31.1. The topological polar surface area (TPSA) is 639 Å². The minimum Gasteiger partial charge on any atom is -0.481 e. The van der Waals surface area contributed by atoms with Gasteiger partial charge in [-0.3, -0.25) is 71.6 Å². The molecule has 4 heterocycles. The lowest BCUT2D eigenvalue weighted by Gasteiger charge is -2.38. The van der Waals surface area contributed by atoms with Crippen molar-refractivity contribution in [1.82, 2.24) is 61.5 Å². The molecule has 722 valence electrons. The van der Waals surface area contributed by atoms with Crippen LogP contribution in [0.2, 0.25) is 0 Å². The molecule has 10 amide bonds. The van der Waals surface area contributed by atoms with E-state index in [9.17, 15) is 111 Å². The van der Waals surface area contributed by atoms with Crippen molar-refractivity contribution in [1.29, 1.82) is 0 Å². The number of rotatable bonds is 47. The number of carboxylic acids is 3. The number of phosphoric ester groups is 1. The first-order chi connectivity index (χ1) is 63.0. The normalized spacial score (nSPS) is 19.8. The molecule has 133 heavy (non-hydrogen) atoms. The van der Waals surface area contributed by atoms with Crippen molar-refractivity contribution in [3.8, 4) is 11.8 Å². The van der Waals surface area contributed by atoms with Crippen LogP contribution in [0.25, 0.3) is 0 Å². The SMILES string of the molecule is CCCc1cc2c(cc1C)C(c1ccccc1C(=O)N(C)CCCC(=O)NCCNC(=O)c1cccc(C(=O)NCCCCC(NC(=O)C3CCCN3C(=O)CCSSCCC(=O)NCC#Cc3cn([C@H]4CC(O)[C@@H](COP(=O)(O)OP(=O)(O)OP(=O)(O)O)O4)c(=O)nc3N)C(=O)N3CCCC3C(=O)NC(CC(=O)O)C(=O)NC(CC(=O)O)C(=O)O)c1)C1C=C(C)C(=NCC)C=C1C2. The van der Waals surface area contributed by atoms with Gasteiger partial charge in [-0.05, 0) is 149 Å². The monoisotopic (exact) mass is 1950 g/mol. The highest BCUT2D eigenvalue weighted by Crippen LogP contribution is 2.66. The van der Waals surface area contributed by atoms with E-state index in [1.165, 1.54) is 78.6 Å². The molecule has 4 aromatic rings. The molecule has 0 spiro atoms. The zero-order valence-electron chi connectivity index (χ0n) is 73.6. The predicted octanol–water partition coefficient (Wildman–Crippen LogP) is 3.83. The maximum atomic E-state index is 14.8. The van der Waals surface area contributed by atoms with Crippen molar-refractivity contribution in [3.63, 3.8) is 0 Å². The van der Waals surface area contributed by atoms with Gasteiger partial charge in [0.05, 0.1) is 43.4 Å². The summed E-state index contributed by atoms with van der Waals surface area (Å²) in [5.41, 5.74) is 15.1. The van der Waals surface area contributed by atoms with Crippen molar-refractivity contribution in [2.75, 3.05) is 83.3 Å². The number of ether oxygens (including phenoxy) is 1. The molecule has 3 aliphatic heterocycles. The molecule has 3 saturated heterocycles. The number of hydrogen-bond acceptors (Lipinski definition) is 27. The first-order valence-corrected chi connectivity index (χ1v) is 50.1. The number of allylic oxidation sites excluding steroid dienone is 4. The Labute approximate surface area is 773 Å². The van der Waals surface area contributed by atoms with E-state index >= 15 is 0 Å². The number of aliphatic hydroxyl groups is 1. The van der Waals surface area contributed by atoms with Crippen LogP contribution in [0.15, 0.2) is 99.9 Å². The van der Waals surface area contributed by atoms with Crippen molar-refractivity contribution in [2.24, 2.45) is 10.9 Å². The quantitative estimate of drug-likeness (QED) is 0.0129. The molecular formula is C85H111N14O29P3S2. The lowest BCUT2D eigenvalue weighted by molar-refractivity contribution is -0.148. The van der Waals surface area contributed by atoms with E-state index in [4.69, 9.17) is 25.2 Å². The number of unbranched alkanes of at least 4 members (excludes halogenated alkanes) is 1. The summed E-state index contributed by atoms with van der Waals surface area (Å²) in [5.74, 6) is -5.82. The van der Waals surface area contributed by atoms with Crippen LogP contribution >= 0.6 is 45.1 Å². The molecule has 10 unspecified atom stereocenters. The number of aromatic nitrogens is 2. The summed E-state index contributed by atoms with van der Waals surface area (Å²) in [6.45, 7) is 8.41. The number of fused-ring (bicyclic) bond motifs is 2. The van der Waals surface area contributed by atoms with Crippen LogP contribution in [0, 0.1) is 24.7 Å². The Morgan fingerprint density at radius 3 is 2.04 bits per heavy atom. The molecule has 0 bridgehead atoms. The number of aliphatic imine (C=N–C) groups is 1. The van der Waals surface area contributed by atoms with Crippen molar-refractivity contribution in [3.05, 3.63) is 151 Å². The van der Waals surface area contributed by atoms with Crippen molar-refractivity contribution in [2.45, 2.75) is 191 Å². The van der Waals surface area contributed by atoms with Gasteiger partial charge < -0.3 is 102 Å². The molecule has 1 aromatic heterocycles. The van der Waals surface area contributed by atoms with E-state index in [0.29, 0.717) is 31.5 Å². The van der Waals surface area contributed by atoms with E-state index in [1.807, 2.05) is 30.4 Å². The minimum atomic E-state index is -5.85. The highest BCUT2D eigenvalue weighted by atomic mass is 33.1. The third-order valence-corrected chi connectivity index (χ3v) is 28.6. The van der Waals surface area contributed by atoms with Crippen LogP contribution in [0.5, 0.6) is 0 Å². The molecule has 3 aromatic carbocycles. The molecule has 43 nitrogen and oxygen atoms in total. The van der Waals surface area contributed by atoms with Gasteiger partial charge in [0.1, 0.15) is 48.4 Å². The molecule has 5 aliphatic rings. The smallest absolute Gasteiger partial charge is 0.481 e. The molecule has 0 radical (unpaired) electrons. The zero-order chi connectivity index (χ0) is 97.2. The number of nitrogens with one attached hydrogen (secondary N) is 7. The second-order valence-corrected chi connectivity index (χ2v) is 39.2. The van der Waals surface area contributed by atoms with Gasteiger partial charge in [-0.1, -0.05) is 94.8 Å². The number of aliphatic hydroxyl groups excluding tert-OH is 1. The van der Waals surface area contributed by atoms with E-state index in [-0.39, 0.29) is 161 Å². The molecule has 12 atom stereocenters. The van der Waals surface area contributed by atoms with Gasteiger partial charge in [-0.2, -0.15) is 13.6 Å². The number of phosphoric acid groups is 3. The number of carbonyl (C=O) groups is 13. The molecule has 9 rings (SSSR count). The first-order valence-electron chi connectivity index (χ1n) is 43.1. The lowest BCUT2D eigenvalue weighted by atomic mass is 9.65. The van der Waals surface area contributed by atoms with Crippen molar-refractivity contribution < 1.29 is 134 Å². The highest BCUT2D eigenvalue weighted by Gasteiger charge is 2.46. The Balaban J connectivity index is 0.735. The number of aryl methyl sites for hydroxylation is 2. The first kappa shape index (κ1) is 106. The largest absolute Gasteiger partial charge is 0.490 e. The molecule has 48 heteroatoms. The minimum absolute atomic E-state index is 0.00568. The number of likely N-dealkylation sites (tertiary alicyclic amines) is 2. The lowest BCUT2D eigenvalue weighted by Crippen LogP contribution is -2.58. The fourth-order valence-corrected chi connectivity index (χ4v) is 21.0. The summed E-state index contributed by atoms with van der Waals surface area (Å²) < 4.78 is 53.2. The number of nitrogen functional groups attached to an aromatic ring is 1. The maximum Gasteiger partial charge on any atom is 0.490 e. The Morgan fingerprint density at radius 1 is 0.729 bits per heavy atom. The third-order valence-electron chi connectivity index (χ3n) is 22.4. The number of benzene rings is 3. The number of amides is 10. The Kier molecular flexibility index (Phi) is 39.4. The van der Waals surface area contributed by atoms with Gasteiger partial charge in [0, 0.05) is 125 Å². The summed E-state index contributed by atoms with van der Waals surface area (Å²) >= 11 is 0. The van der Waals surface area contributed by atoms with E-state index < -0.39 is 162 Å². The summed E-state index contributed by atoms with van der Waals surface area (Å²) in [7, 11) is -12.8. The summed E-state index contributed by atoms with van der Waals surface area (Å²) in [5, 5.41) is 57.0. The van der Waals surface area contributed by atoms with Crippen LogP contribution < -0.4 is 48.6 Å². The number of carbonyl (C=O) groups excluding carboxylic acids is 10. The zero-order valence-corrected chi connectivity index (χ0v) is 78.0. The summed E-state index contributed by atoms with van der Waals surface area (Å²) in [6, 6.07) is 10.5. The van der Waals surface area contributed by atoms with Gasteiger partial charge in [0.2, 0.25) is 41.4 Å². The predicted molar refractivity (Wildman–Crippen MR) is 483 cm³/mol. The van der Waals surface area contributed by atoms with Crippen LogP contribution in [0.1, 0.15) is 194 Å². The van der Waals surface area contributed by atoms with Crippen LogP contribution in [-0.4, -0.2) is 267 Å². The van der Waals surface area contributed by atoms with Gasteiger partial charge in [-0.15, -0.1) is 0 Å². The molecule has 0 saturated carbocycles. The second kappa shape index (κ2) is 49.4. The van der Waals surface area contributed by atoms with Gasteiger partial charge in [-0.25, -0.2) is 23.3 Å². The van der Waals surface area contributed by atoms with Crippen LogP contribution in [-0.2, 0) is 92.4 Å². The molecule has 2 aliphatic carbocycles. The number of carboxylic acid groups (broad SMARTS) is 3. The van der Waals surface area contributed by atoms with Crippen LogP contribution in [0.3, 0.4) is 0 Å². The van der Waals surface area contributed by atoms with E-state index in [1.54, 1.807) is 11.9 Å². The van der Waals surface area contributed by atoms with Crippen LogP contribution in [0.4, 0.5) is 5.82 Å². The fraction of sp³-hybridized carbons (Fsp3) is 0.506. The molecule has 17 N–H and O–H groups in total. The fourth-order valence-electron chi connectivity index (χ4n) is 16.0. The molecular weight excluding hydrogens is 1840 g/mol. The average Bonchev–Trinajstić information content (AvgIpc) is 1.03. The van der Waals surface area contributed by atoms with E-state index in [2.05, 4.69) is 113 Å². The van der Waals surface area contributed by atoms with Gasteiger partial charge in [0.25, 0.3) is 17.7 Å². The van der Waals surface area contributed by atoms with Gasteiger partial charge in [0.15, 0.2) is 0 Å². The average molecular weight is 1950 g/mol. The summed E-state index contributed by atoms with van der Waals surface area (Å²) in [4.78, 5) is 235.